The minimum Gasteiger partial charge on any atom is -0.167 e. The van der Waals surface area contributed by atoms with Crippen LogP contribution in [-0.2, 0) is 0 Å². The first-order valence-corrected chi connectivity index (χ1v) is 4.51. The monoisotopic (exact) mass is 189 g/mol. The van der Waals surface area contributed by atoms with Gasteiger partial charge in [-0.05, 0) is 44.0 Å². The molecule has 1 aromatic carbocycles. The first kappa shape index (κ1) is 10.4. The Kier molecular flexibility index (Phi) is 3.40. The highest BCUT2D eigenvalue weighted by Gasteiger charge is 2.02. The summed E-state index contributed by atoms with van der Waals surface area (Å²) in [4.78, 5) is 0. The van der Waals surface area contributed by atoms with Gasteiger partial charge in [0.25, 0.3) is 0 Å². The lowest BCUT2D eigenvalue weighted by atomic mass is 10.1. The van der Waals surface area contributed by atoms with Crippen molar-refractivity contribution in [2.75, 3.05) is 5.12 Å². The molecule has 0 unspecified atom stereocenters. The third-order valence-corrected chi connectivity index (χ3v) is 2.08. The first-order chi connectivity index (χ1) is 6.69. The Hall–Kier alpha value is -1.64. The fraction of sp³-hybridized carbons (Fsp3) is 0.273. The van der Waals surface area contributed by atoms with Crippen molar-refractivity contribution in [2.45, 2.75) is 20.8 Å². The quantitative estimate of drug-likeness (QED) is 0.530. The van der Waals surface area contributed by atoms with Crippen LogP contribution in [0.5, 0.6) is 0 Å². The van der Waals surface area contributed by atoms with Gasteiger partial charge in [0.05, 0.1) is 5.69 Å². The summed E-state index contributed by atoms with van der Waals surface area (Å²) in [6.07, 6.45) is 1.68. The van der Waals surface area contributed by atoms with Gasteiger partial charge >= 0.3 is 0 Å². The number of hydrazone groups is 2. The maximum Gasteiger partial charge on any atom is 0.0859 e. The Balaban J connectivity index is 3.05. The Labute approximate surface area is 84.7 Å². The second-order valence-electron chi connectivity index (χ2n) is 3.07. The van der Waals surface area contributed by atoms with Crippen LogP contribution in [0, 0.1) is 13.8 Å². The molecular weight excluding hydrogens is 174 g/mol. The number of nitrogens with zero attached hydrogens (tertiary/aromatic N) is 3. The highest BCUT2D eigenvalue weighted by Crippen LogP contribution is 2.18. The zero-order chi connectivity index (χ0) is 10.6. The average Bonchev–Trinajstić information content (AvgIpc) is 2.19. The molecule has 0 aliphatic carbocycles. The molecule has 0 saturated heterocycles. The van der Waals surface area contributed by atoms with E-state index < -0.39 is 0 Å². The van der Waals surface area contributed by atoms with Crippen molar-refractivity contribution < 1.29 is 0 Å². The van der Waals surface area contributed by atoms with Gasteiger partial charge in [0.1, 0.15) is 0 Å². The molecule has 14 heavy (non-hydrogen) atoms. The highest BCUT2D eigenvalue weighted by molar-refractivity contribution is 5.58. The lowest BCUT2D eigenvalue weighted by Crippen LogP contribution is -2.07. The molecule has 0 amide bonds. The van der Waals surface area contributed by atoms with Gasteiger partial charge < -0.3 is 0 Å². The summed E-state index contributed by atoms with van der Waals surface area (Å²) in [7, 11) is 0. The third kappa shape index (κ3) is 2.19. The lowest BCUT2D eigenvalue weighted by Gasteiger charge is -2.12. The van der Waals surface area contributed by atoms with E-state index in [2.05, 4.69) is 30.8 Å². The summed E-state index contributed by atoms with van der Waals surface area (Å²) < 4.78 is 0. The van der Waals surface area contributed by atoms with Gasteiger partial charge in [-0.15, -0.1) is 0 Å². The van der Waals surface area contributed by atoms with Crippen LogP contribution in [0.1, 0.15) is 18.1 Å². The summed E-state index contributed by atoms with van der Waals surface area (Å²) in [5, 5.41) is 9.37. The molecule has 0 aliphatic heterocycles. The van der Waals surface area contributed by atoms with Gasteiger partial charge in [-0.25, -0.2) is 0 Å². The van der Waals surface area contributed by atoms with E-state index in [4.69, 9.17) is 0 Å². The van der Waals surface area contributed by atoms with Gasteiger partial charge in [-0.1, -0.05) is 6.07 Å². The summed E-state index contributed by atoms with van der Waals surface area (Å²) in [6.45, 7) is 9.46. The zero-order valence-electron chi connectivity index (χ0n) is 8.86. The molecule has 0 spiro atoms. The zero-order valence-corrected chi connectivity index (χ0v) is 8.86. The van der Waals surface area contributed by atoms with Gasteiger partial charge in [0, 0.05) is 12.9 Å². The summed E-state index contributed by atoms with van der Waals surface area (Å²) in [6, 6.07) is 6.06. The topological polar surface area (TPSA) is 28.0 Å². The van der Waals surface area contributed by atoms with E-state index >= 15 is 0 Å². The Morgan fingerprint density at radius 3 is 2.50 bits per heavy atom. The number of rotatable bonds is 3. The van der Waals surface area contributed by atoms with Gasteiger partial charge in [-0.3, -0.25) is 0 Å². The molecule has 74 valence electrons. The molecule has 0 heterocycles. The van der Waals surface area contributed by atoms with E-state index in [0.29, 0.717) is 0 Å². The molecule has 3 nitrogen and oxygen atoms in total. The van der Waals surface area contributed by atoms with Crippen LogP contribution in [0.3, 0.4) is 0 Å². The minimum absolute atomic E-state index is 0.932. The third-order valence-electron chi connectivity index (χ3n) is 2.08. The van der Waals surface area contributed by atoms with Crippen LogP contribution >= 0.6 is 0 Å². The van der Waals surface area contributed by atoms with Crippen LogP contribution in [0.4, 0.5) is 5.69 Å². The molecule has 0 saturated carbocycles. The normalized spacial score (nSPS) is 10.5. The number of anilines is 1. The van der Waals surface area contributed by atoms with E-state index in [1.165, 1.54) is 16.2 Å². The number of hydrogen-bond donors (Lipinski definition) is 0. The summed E-state index contributed by atoms with van der Waals surface area (Å²) >= 11 is 0. The van der Waals surface area contributed by atoms with E-state index in [-0.39, 0.29) is 0 Å². The fourth-order valence-electron chi connectivity index (χ4n) is 1.14. The average molecular weight is 189 g/mol. The van der Waals surface area contributed by atoms with Crippen molar-refractivity contribution in [3.8, 4) is 0 Å². The van der Waals surface area contributed by atoms with Gasteiger partial charge in [0.15, 0.2) is 0 Å². The largest absolute Gasteiger partial charge is 0.167 e. The summed E-state index contributed by atoms with van der Waals surface area (Å²) in [5.41, 5.74) is 3.42. The molecule has 1 rings (SSSR count). The molecule has 0 aromatic heterocycles. The second-order valence-corrected chi connectivity index (χ2v) is 3.07. The number of benzene rings is 1. The maximum absolute atomic E-state index is 4.06. The van der Waals surface area contributed by atoms with Gasteiger partial charge in [-0.2, -0.15) is 15.3 Å². The lowest BCUT2D eigenvalue weighted by molar-refractivity contribution is 0.938. The van der Waals surface area contributed by atoms with Gasteiger partial charge in [0.2, 0.25) is 0 Å². The molecule has 0 bridgehead atoms. The van der Waals surface area contributed by atoms with Crippen molar-refractivity contribution in [3.05, 3.63) is 29.3 Å². The van der Waals surface area contributed by atoms with Crippen LogP contribution in [0.2, 0.25) is 0 Å². The van der Waals surface area contributed by atoms with Crippen molar-refractivity contribution in [2.24, 2.45) is 10.2 Å². The van der Waals surface area contributed by atoms with Crippen LogP contribution in [0.15, 0.2) is 28.4 Å². The molecule has 0 radical (unpaired) electrons. The SMILES string of the molecule is C=NN(/N=C\C)c1ccc(C)c(C)c1. The van der Waals surface area contributed by atoms with Crippen LogP contribution < -0.4 is 5.12 Å². The molecule has 0 aliphatic rings. The van der Waals surface area contributed by atoms with E-state index in [1.807, 2.05) is 25.1 Å². The second kappa shape index (κ2) is 4.56. The molecule has 3 heteroatoms. The van der Waals surface area contributed by atoms with E-state index in [1.54, 1.807) is 6.21 Å². The number of aryl methyl sites for hydroxylation is 2. The Morgan fingerprint density at radius 2 is 2.00 bits per heavy atom. The van der Waals surface area contributed by atoms with E-state index in [0.717, 1.165) is 5.69 Å². The van der Waals surface area contributed by atoms with E-state index in [9.17, 15) is 0 Å². The summed E-state index contributed by atoms with van der Waals surface area (Å²) in [5.74, 6) is 0. The van der Waals surface area contributed by atoms with Crippen molar-refractivity contribution >= 4 is 18.6 Å². The molecule has 1 aromatic rings. The Bertz CT molecular complexity index is 356. The Morgan fingerprint density at radius 1 is 1.29 bits per heavy atom. The maximum atomic E-state index is 4.06. The molecular formula is C11H15N3. The van der Waals surface area contributed by atoms with Crippen LogP contribution in [-0.4, -0.2) is 12.9 Å². The molecule has 0 fully saturated rings. The number of hydrogen-bond acceptors (Lipinski definition) is 3. The van der Waals surface area contributed by atoms with Crippen LogP contribution in [0.25, 0.3) is 0 Å². The predicted octanol–water partition coefficient (Wildman–Crippen LogP) is 2.73. The smallest absolute Gasteiger partial charge is 0.0859 e. The fourth-order valence-corrected chi connectivity index (χ4v) is 1.14. The first-order valence-electron chi connectivity index (χ1n) is 4.51. The molecule has 0 N–H and O–H groups in total. The minimum atomic E-state index is 0.932. The van der Waals surface area contributed by atoms with Crippen molar-refractivity contribution in [1.29, 1.82) is 0 Å². The highest BCUT2D eigenvalue weighted by atomic mass is 15.7. The molecule has 0 atom stereocenters. The van der Waals surface area contributed by atoms with Crippen molar-refractivity contribution in [3.63, 3.8) is 0 Å². The van der Waals surface area contributed by atoms with Crippen molar-refractivity contribution in [1.82, 2.24) is 0 Å². The standard InChI is InChI=1S/C11H15N3/c1-5-13-14(12-4)11-7-6-9(2)10(3)8-11/h5-8H,4H2,1-3H3/b13-5-. The predicted molar refractivity (Wildman–Crippen MR) is 62.1 cm³/mol.